The molecule has 0 N–H and O–H groups in total. The largest absolute Gasteiger partial charge is 0.369 e. The zero-order valence-electron chi connectivity index (χ0n) is 16.6. The Kier molecular flexibility index (Phi) is 4.60. The van der Waals surface area contributed by atoms with E-state index in [0.717, 1.165) is 48.0 Å². The number of fused-ring (bicyclic) bond motifs is 1. The third-order valence-electron chi connectivity index (χ3n) is 5.54. The molecule has 0 atom stereocenters. The fraction of sp³-hybridized carbons (Fsp3) is 0.261. The number of imidazole rings is 1. The summed E-state index contributed by atoms with van der Waals surface area (Å²) in [6.07, 6.45) is 12.2. The summed E-state index contributed by atoms with van der Waals surface area (Å²) in [5, 5.41) is 0. The zero-order chi connectivity index (χ0) is 19.6. The van der Waals surface area contributed by atoms with E-state index in [1.54, 1.807) is 0 Å². The monoisotopic (exact) mass is 384 g/mol. The van der Waals surface area contributed by atoms with E-state index in [1.807, 2.05) is 49.2 Å². The summed E-state index contributed by atoms with van der Waals surface area (Å²) in [5.74, 6) is 1.09. The Morgan fingerprint density at radius 3 is 2.69 bits per heavy atom. The van der Waals surface area contributed by atoms with Crippen molar-refractivity contribution in [1.29, 1.82) is 0 Å². The number of hydrogen-bond acceptors (Lipinski definition) is 5. The van der Waals surface area contributed by atoms with Crippen molar-refractivity contribution in [3.05, 3.63) is 72.9 Å². The number of pyridine rings is 3. The highest BCUT2D eigenvalue weighted by Gasteiger charge is 2.13. The summed E-state index contributed by atoms with van der Waals surface area (Å²) in [4.78, 5) is 18.2. The minimum Gasteiger partial charge on any atom is -0.369 e. The van der Waals surface area contributed by atoms with Crippen molar-refractivity contribution in [3.63, 3.8) is 0 Å². The van der Waals surface area contributed by atoms with Gasteiger partial charge in [0.25, 0.3) is 0 Å². The Morgan fingerprint density at radius 1 is 0.966 bits per heavy atom. The van der Waals surface area contributed by atoms with Gasteiger partial charge in [0.1, 0.15) is 11.5 Å². The molecular formula is C23H24N6. The van der Waals surface area contributed by atoms with Gasteiger partial charge in [-0.1, -0.05) is 12.1 Å². The van der Waals surface area contributed by atoms with Gasteiger partial charge in [-0.05, 0) is 42.7 Å². The van der Waals surface area contributed by atoms with Gasteiger partial charge in [-0.15, -0.1) is 0 Å². The maximum Gasteiger partial charge on any atom is 0.137 e. The summed E-state index contributed by atoms with van der Waals surface area (Å²) in [5.41, 5.74) is 5.29. The van der Waals surface area contributed by atoms with E-state index in [2.05, 4.69) is 54.4 Å². The van der Waals surface area contributed by atoms with Crippen LogP contribution < -0.4 is 9.80 Å². The first-order valence-electron chi connectivity index (χ1n) is 10.1. The number of hydrogen-bond donors (Lipinski definition) is 0. The Labute approximate surface area is 170 Å². The van der Waals surface area contributed by atoms with Crippen molar-refractivity contribution in [3.8, 4) is 11.3 Å². The zero-order valence-corrected chi connectivity index (χ0v) is 16.6. The van der Waals surface area contributed by atoms with Crippen LogP contribution in [0.1, 0.15) is 18.4 Å². The predicted molar refractivity (Wildman–Crippen MR) is 116 cm³/mol. The first kappa shape index (κ1) is 17.7. The third-order valence-corrected chi connectivity index (χ3v) is 5.54. The van der Waals surface area contributed by atoms with Gasteiger partial charge in [0.15, 0.2) is 0 Å². The average Bonchev–Trinajstić information content (AvgIpc) is 3.45. The smallest absolute Gasteiger partial charge is 0.137 e. The van der Waals surface area contributed by atoms with E-state index in [-0.39, 0.29) is 0 Å². The molecule has 1 fully saturated rings. The van der Waals surface area contributed by atoms with Crippen LogP contribution in [-0.2, 0) is 6.54 Å². The molecule has 0 amide bonds. The summed E-state index contributed by atoms with van der Waals surface area (Å²) in [6.45, 7) is 3.02. The van der Waals surface area contributed by atoms with Gasteiger partial charge in [0.2, 0.25) is 0 Å². The molecular weight excluding hydrogens is 360 g/mol. The fourth-order valence-electron chi connectivity index (χ4n) is 3.93. The average molecular weight is 384 g/mol. The lowest BCUT2D eigenvalue weighted by Crippen LogP contribution is -2.20. The molecule has 0 bridgehead atoms. The van der Waals surface area contributed by atoms with Crippen LogP contribution >= 0.6 is 0 Å². The molecule has 29 heavy (non-hydrogen) atoms. The molecule has 0 saturated carbocycles. The van der Waals surface area contributed by atoms with Crippen molar-refractivity contribution in [2.45, 2.75) is 19.4 Å². The van der Waals surface area contributed by atoms with Crippen molar-refractivity contribution in [1.82, 2.24) is 19.4 Å². The van der Waals surface area contributed by atoms with E-state index >= 15 is 0 Å². The minimum atomic E-state index is 0.783. The molecule has 4 aromatic heterocycles. The summed E-state index contributed by atoms with van der Waals surface area (Å²) < 4.78 is 2.09. The van der Waals surface area contributed by atoms with Gasteiger partial charge >= 0.3 is 0 Å². The molecule has 6 nitrogen and oxygen atoms in total. The SMILES string of the molecule is CN(Cc1ccc(N2CCCC2)nc1)c1cncc(-c2cnc3ccccn23)c1. The minimum absolute atomic E-state index is 0.783. The van der Waals surface area contributed by atoms with Crippen LogP contribution in [0.4, 0.5) is 11.5 Å². The second kappa shape index (κ2) is 7.54. The fourth-order valence-corrected chi connectivity index (χ4v) is 3.93. The highest BCUT2D eigenvalue weighted by Crippen LogP contribution is 2.25. The van der Waals surface area contributed by atoms with Gasteiger partial charge < -0.3 is 9.80 Å². The molecule has 5 heterocycles. The molecule has 4 aromatic rings. The molecule has 0 aromatic carbocycles. The lowest BCUT2D eigenvalue weighted by atomic mass is 10.2. The molecule has 1 aliphatic rings. The number of anilines is 2. The Balaban J connectivity index is 1.35. The highest BCUT2D eigenvalue weighted by molar-refractivity contribution is 5.67. The van der Waals surface area contributed by atoms with Crippen LogP contribution in [0.5, 0.6) is 0 Å². The number of rotatable bonds is 5. The van der Waals surface area contributed by atoms with Gasteiger partial charge in [-0.2, -0.15) is 0 Å². The van der Waals surface area contributed by atoms with Crippen LogP contribution in [0.3, 0.4) is 0 Å². The van der Waals surface area contributed by atoms with Gasteiger partial charge in [-0.25, -0.2) is 9.97 Å². The predicted octanol–water partition coefficient (Wildman–Crippen LogP) is 4.03. The van der Waals surface area contributed by atoms with Crippen LogP contribution in [0.25, 0.3) is 16.9 Å². The molecule has 1 aliphatic heterocycles. The normalized spacial score (nSPS) is 13.9. The highest BCUT2D eigenvalue weighted by atomic mass is 15.2. The molecule has 0 spiro atoms. The van der Waals surface area contributed by atoms with E-state index in [4.69, 9.17) is 0 Å². The van der Waals surface area contributed by atoms with Crippen LogP contribution in [0.15, 0.2) is 67.4 Å². The van der Waals surface area contributed by atoms with E-state index in [9.17, 15) is 0 Å². The topological polar surface area (TPSA) is 49.6 Å². The molecule has 6 heteroatoms. The van der Waals surface area contributed by atoms with Crippen molar-refractivity contribution in [2.24, 2.45) is 0 Å². The number of nitrogens with zero attached hydrogens (tertiary/aromatic N) is 6. The van der Waals surface area contributed by atoms with Crippen molar-refractivity contribution >= 4 is 17.2 Å². The van der Waals surface area contributed by atoms with Gasteiger partial charge in [0, 0.05) is 50.8 Å². The summed E-state index contributed by atoms with van der Waals surface area (Å²) >= 11 is 0. The molecule has 1 saturated heterocycles. The number of aromatic nitrogens is 4. The van der Waals surface area contributed by atoms with E-state index in [0.29, 0.717) is 0 Å². The maximum absolute atomic E-state index is 4.67. The summed E-state index contributed by atoms with van der Waals surface area (Å²) in [7, 11) is 2.09. The summed E-state index contributed by atoms with van der Waals surface area (Å²) in [6, 6.07) is 12.5. The van der Waals surface area contributed by atoms with Crippen molar-refractivity contribution in [2.75, 3.05) is 29.9 Å². The second-order valence-electron chi connectivity index (χ2n) is 7.58. The lowest BCUT2D eigenvalue weighted by molar-refractivity contribution is 0.896. The quantitative estimate of drug-likeness (QED) is 0.520. The molecule has 0 aliphatic carbocycles. The second-order valence-corrected chi connectivity index (χ2v) is 7.58. The van der Waals surface area contributed by atoms with Crippen LogP contribution in [0.2, 0.25) is 0 Å². The van der Waals surface area contributed by atoms with Crippen LogP contribution in [0, 0.1) is 0 Å². The standard InChI is InChI=1S/C23H24N6/c1-27(17-18-7-8-22(25-13-18)28-9-4-5-10-28)20-12-19(14-24-15-20)21-16-26-23-6-2-3-11-29(21)23/h2-3,6-8,11-16H,4-5,9-10,17H2,1H3. The molecule has 0 unspecified atom stereocenters. The van der Waals surface area contributed by atoms with E-state index < -0.39 is 0 Å². The first-order chi connectivity index (χ1) is 14.3. The lowest BCUT2D eigenvalue weighted by Gasteiger charge is -2.21. The Morgan fingerprint density at radius 2 is 1.86 bits per heavy atom. The van der Waals surface area contributed by atoms with E-state index in [1.165, 1.54) is 18.4 Å². The Hall–Kier alpha value is -3.41. The molecule has 5 rings (SSSR count). The molecule has 146 valence electrons. The van der Waals surface area contributed by atoms with Crippen molar-refractivity contribution < 1.29 is 0 Å². The third kappa shape index (κ3) is 3.53. The van der Waals surface area contributed by atoms with Crippen LogP contribution in [-0.4, -0.2) is 39.5 Å². The van der Waals surface area contributed by atoms with Gasteiger partial charge in [-0.3, -0.25) is 9.38 Å². The molecule has 0 radical (unpaired) electrons. The maximum atomic E-state index is 4.67. The Bertz CT molecular complexity index is 1110. The first-order valence-corrected chi connectivity index (χ1v) is 10.1. The van der Waals surface area contributed by atoms with Gasteiger partial charge in [0.05, 0.1) is 23.8 Å².